The van der Waals surface area contributed by atoms with Crippen LogP contribution < -0.4 is 5.32 Å². The Kier molecular flexibility index (Phi) is 4.45. The van der Waals surface area contributed by atoms with E-state index in [9.17, 15) is 4.39 Å². The van der Waals surface area contributed by atoms with Crippen LogP contribution in [0.15, 0.2) is 18.3 Å². The van der Waals surface area contributed by atoms with E-state index in [1.165, 1.54) is 6.07 Å². The summed E-state index contributed by atoms with van der Waals surface area (Å²) >= 11 is 0. The van der Waals surface area contributed by atoms with Gasteiger partial charge in [-0.15, -0.1) is 0 Å². The number of ether oxygens (including phenoxy) is 1. The quantitative estimate of drug-likeness (QED) is 0.855. The van der Waals surface area contributed by atoms with Crippen molar-refractivity contribution in [3.63, 3.8) is 0 Å². The van der Waals surface area contributed by atoms with Crippen LogP contribution in [0.3, 0.4) is 0 Å². The fourth-order valence-electron chi connectivity index (χ4n) is 2.30. The molecule has 0 bridgehead atoms. The van der Waals surface area contributed by atoms with Gasteiger partial charge in [0.05, 0.1) is 17.8 Å². The van der Waals surface area contributed by atoms with Crippen molar-refractivity contribution < 1.29 is 9.13 Å². The average molecular weight is 238 g/mol. The molecule has 0 saturated carbocycles. The second kappa shape index (κ2) is 6.07. The number of pyridine rings is 1. The minimum atomic E-state index is -0.237. The standard InChI is InChI=1S/C13H19FN2O/c1-15-12(7-6-10-4-3-9-17-10)13-11(14)5-2-8-16-13/h2,5,8,10,12,15H,3-4,6-7,9H2,1H3. The molecule has 4 heteroatoms. The van der Waals surface area contributed by atoms with E-state index in [0.29, 0.717) is 11.8 Å². The Morgan fingerprint density at radius 2 is 2.53 bits per heavy atom. The number of hydrogen-bond acceptors (Lipinski definition) is 3. The SMILES string of the molecule is CNC(CCC1CCCO1)c1ncccc1F. The zero-order chi connectivity index (χ0) is 12.1. The predicted octanol–water partition coefficient (Wildman–Crippen LogP) is 2.44. The molecule has 0 aliphatic carbocycles. The van der Waals surface area contributed by atoms with Gasteiger partial charge in [0.25, 0.3) is 0 Å². The summed E-state index contributed by atoms with van der Waals surface area (Å²) in [5.74, 6) is -0.237. The first kappa shape index (κ1) is 12.5. The summed E-state index contributed by atoms with van der Waals surface area (Å²) in [6.45, 7) is 0.868. The van der Waals surface area contributed by atoms with E-state index < -0.39 is 0 Å². The van der Waals surface area contributed by atoms with Crippen LogP contribution in [0, 0.1) is 5.82 Å². The highest BCUT2D eigenvalue weighted by Gasteiger charge is 2.20. The molecular weight excluding hydrogens is 219 g/mol. The van der Waals surface area contributed by atoms with Gasteiger partial charge in [-0.25, -0.2) is 4.39 Å². The maximum atomic E-state index is 13.6. The maximum Gasteiger partial charge on any atom is 0.146 e. The highest BCUT2D eigenvalue weighted by Crippen LogP contribution is 2.23. The summed E-state index contributed by atoms with van der Waals surface area (Å²) < 4.78 is 19.2. The average Bonchev–Trinajstić information content (AvgIpc) is 2.85. The van der Waals surface area contributed by atoms with Crippen LogP contribution >= 0.6 is 0 Å². The van der Waals surface area contributed by atoms with Gasteiger partial charge in [0.1, 0.15) is 5.82 Å². The third-order valence-corrected chi connectivity index (χ3v) is 3.27. The number of nitrogens with one attached hydrogen (secondary N) is 1. The topological polar surface area (TPSA) is 34.1 Å². The smallest absolute Gasteiger partial charge is 0.146 e. The van der Waals surface area contributed by atoms with Gasteiger partial charge in [-0.05, 0) is 44.9 Å². The van der Waals surface area contributed by atoms with E-state index in [1.807, 2.05) is 7.05 Å². The molecule has 94 valence electrons. The van der Waals surface area contributed by atoms with Gasteiger partial charge < -0.3 is 10.1 Å². The van der Waals surface area contributed by atoms with Gasteiger partial charge in [0.15, 0.2) is 0 Å². The zero-order valence-electron chi connectivity index (χ0n) is 10.2. The number of aromatic nitrogens is 1. The lowest BCUT2D eigenvalue weighted by atomic mass is 10.0. The van der Waals surface area contributed by atoms with Crippen LogP contribution in [0.4, 0.5) is 4.39 Å². The monoisotopic (exact) mass is 238 g/mol. The Morgan fingerprint density at radius 1 is 1.65 bits per heavy atom. The zero-order valence-corrected chi connectivity index (χ0v) is 10.2. The molecule has 1 aromatic heterocycles. The first-order valence-corrected chi connectivity index (χ1v) is 6.20. The molecule has 2 atom stereocenters. The number of hydrogen-bond donors (Lipinski definition) is 1. The molecule has 1 aliphatic rings. The molecule has 1 N–H and O–H groups in total. The van der Waals surface area contributed by atoms with Crippen LogP contribution in [0.5, 0.6) is 0 Å². The van der Waals surface area contributed by atoms with Crippen molar-refractivity contribution >= 4 is 0 Å². The minimum absolute atomic E-state index is 0.0274. The van der Waals surface area contributed by atoms with Crippen LogP contribution in [0.2, 0.25) is 0 Å². The van der Waals surface area contributed by atoms with Gasteiger partial charge in [-0.1, -0.05) is 0 Å². The van der Waals surface area contributed by atoms with Crippen molar-refractivity contribution in [3.8, 4) is 0 Å². The van der Waals surface area contributed by atoms with E-state index >= 15 is 0 Å². The maximum absolute atomic E-state index is 13.6. The van der Waals surface area contributed by atoms with Crippen LogP contribution in [0.25, 0.3) is 0 Å². The van der Waals surface area contributed by atoms with E-state index in [0.717, 1.165) is 32.3 Å². The highest BCUT2D eigenvalue weighted by atomic mass is 19.1. The largest absolute Gasteiger partial charge is 0.378 e. The highest BCUT2D eigenvalue weighted by molar-refractivity contribution is 5.11. The molecule has 0 spiro atoms. The van der Waals surface area contributed by atoms with Crippen molar-refractivity contribution in [2.45, 2.75) is 37.8 Å². The Balaban J connectivity index is 1.94. The number of halogens is 1. The van der Waals surface area contributed by atoms with E-state index in [1.54, 1.807) is 12.3 Å². The summed E-state index contributed by atoms with van der Waals surface area (Å²) in [5, 5.41) is 3.13. The molecule has 0 radical (unpaired) electrons. The fourth-order valence-corrected chi connectivity index (χ4v) is 2.30. The van der Waals surface area contributed by atoms with Crippen molar-refractivity contribution in [2.24, 2.45) is 0 Å². The van der Waals surface area contributed by atoms with E-state index in [4.69, 9.17) is 4.74 Å². The van der Waals surface area contributed by atoms with Gasteiger partial charge in [0.2, 0.25) is 0 Å². The molecule has 0 aromatic carbocycles. The second-order valence-electron chi connectivity index (χ2n) is 4.42. The van der Waals surface area contributed by atoms with Crippen molar-refractivity contribution in [1.82, 2.24) is 10.3 Å². The summed E-state index contributed by atoms with van der Waals surface area (Å²) in [6, 6.07) is 3.05. The Bertz CT molecular complexity index is 353. The van der Waals surface area contributed by atoms with Gasteiger partial charge in [0, 0.05) is 12.8 Å². The molecule has 2 unspecified atom stereocenters. The number of rotatable bonds is 5. The predicted molar refractivity (Wildman–Crippen MR) is 64.2 cm³/mol. The van der Waals surface area contributed by atoms with Gasteiger partial charge in [-0.3, -0.25) is 4.98 Å². The molecule has 2 heterocycles. The summed E-state index contributed by atoms with van der Waals surface area (Å²) in [5.41, 5.74) is 0.507. The lowest BCUT2D eigenvalue weighted by Gasteiger charge is -2.18. The van der Waals surface area contributed by atoms with Gasteiger partial charge in [-0.2, -0.15) is 0 Å². The number of nitrogens with zero attached hydrogens (tertiary/aromatic N) is 1. The van der Waals surface area contributed by atoms with Gasteiger partial charge >= 0.3 is 0 Å². The molecule has 0 amide bonds. The molecule has 1 aliphatic heterocycles. The van der Waals surface area contributed by atoms with Crippen LogP contribution in [-0.4, -0.2) is 24.7 Å². The third kappa shape index (κ3) is 3.23. The normalized spacial score (nSPS) is 21.6. The lowest BCUT2D eigenvalue weighted by Crippen LogP contribution is -2.21. The van der Waals surface area contributed by atoms with Crippen LogP contribution in [-0.2, 0) is 4.74 Å². The van der Waals surface area contributed by atoms with E-state index in [-0.39, 0.29) is 11.9 Å². The fraction of sp³-hybridized carbons (Fsp3) is 0.615. The van der Waals surface area contributed by atoms with Crippen molar-refractivity contribution in [1.29, 1.82) is 0 Å². The molecule has 17 heavy (non-hydrogen) atoms. The first-order valence-electron chi connectivity index (χ1n) is 6.20. The third-order valence-electron chi connectivity index (χ3n) is 3.27. The van der Waals surface area contributed by atoms with Crippen molar-refractivity contribution in [2.75, 3.05) is 13.7 Å². The Hall–Kier alpha value is -1.00. The molecule has 1 fully saturated rings. The molecule has 1 aromatic rings. The van der Waals surface area contributed by atoms with Crippen LogP contribution in [0.1, 0.15) is 37.4 Å². The Labute approximate surface area is 101 Å². The lowest BCUT2D eigenvalue weighted by molar-refractivity contribution is 0.0996. The second-order valence-corrected chi connectivity index (χ2v) is 4.42. The molecule has 2 rings (SSSR count). The molecule has 1 saturated heterocycles. The molecule has 3 nitrogen and oxygen atoms in total. The summed E-state index contributed by atoms with van der Waals surface area (Å²) in [4.78, 5) is 4.12. The Morgan fingerprint density at radius 3 is 3.18 bits per heavy atom. The first-order chi connectivity index (χ1) is 8.31. The molecular formula is C13H19FN2O. The summed E-state index contributed by atoms with van der Waals surface area (Å²) in [6.07, 6.45) is 6.07. The van der Waals surface area contributed by atoms with E-state index in [2.05, 4.69) is 10.3 Å². The van der Waals surface area contributed by atoms with Crippen molar-refractivity contribution in [3.05, 3.63) is 29.8 Å². The minimum Gasteiger partial charge on any atom is -0.378 e. The summed E-state index contributed by atoms with van der Waals surface area (Å²) in [7, 11) is 1.84.